The van der Waals surface area contributed by atoms with Crippen LogP contribution in [-0.4, -0.2) is 64.1 Å². The van der Waals surface area contributed by atoms with E-state index in [1.54, 1.807) is 12.1 Å². The summed E-state index contributed by atoms with van der Waals surface area (Å²) in [4.78, 5) is 26.8. The van der Waals surface area contributed by atoms with Gasteiger partial charge in [0.15, 0.2) is 17.3 Å². The van der Waals surface area contributed by atoms with E-state index < -0.39 is 0 Å². The fourth-order valence-electron chi connectivity index (χ4n) is 2.82. The van der Waals surface area contributed by atoms with E-state index in [1.807, 2.05) is 0 Å². The number of nitrogens with zero attached hydrogens (tertiary/aromatic N) is 1. The Hall–Kier alpha value is -2.54. The Balaban J connectivity index is 2.97. The lowest BCUT2D eigenvalue weighted by Crippen LogP contribution is -2.31. The van der Waals surface area contributed by atoms with Gasteiger partial charge in [-0.05, 0) is 56.8 Å². The molecule has 1 aromatic carbocycles. The Bertz CT molecular complexity index is 671. The van der Waals surface area contributed by atoms with Crippen molar-refractivity contribution < 1.29 is 23.8 Å². The Labute approximate surface area is 167 Å². The number of amides is 1. The molecular formula is C21H32N2O5. The van der Waals surface area contributed by atoms with Crippen LogP contribution in [0.2, 0.25) is 0 Å². The molecule has 0 heterocycles. The van der Waals surface area contributed by atoms with Crippen LogP contribution >= 0.6 is 0 Å². The maximum Gasteiger partial charge on any atom is 0.254 e. The van der Waals surface area contributed by atoms with E-state index in [-0.39, 0.29) is 17.3 Å². The molecule has 0 atom stereocenters. The molecule has 0 aromatic heterocycles. The smallest absolute Gasteiger partial charge is 0.254 e. The van der Waals surface area contributed by atoms with E-state index in [1.165, 1.54) is 34.3 Å². The van der Waals surface area contributed by atoms with Crippen LogP contribution in [0, 0.1) is 0 Å². The van der Waals surface area contributed by atoms with Gasteiger partial charge in [0, 0.05) is 6.54 Å². The first-order valence-electron chi connectivity index (χ1n) is 9.44. The number of methoxy groups -OCH3 is 3. The molecule has 0 saturated heterocycles. The molecule has 0 unspecified atom stereocenters. The fraction of sp³-hybridized carbons (Fsp3) is 0.524. The van der Waals surface area contributed by atoms with Crippen LogP contribution in [0.25, 0.3) is 6.08 Å². The Kier molecular flexibility index (Phi) is 10.1. The molecule has 0 radical (unpaired) electrons. The maximum atomic E-state index is 12.5. The third-order valence-corrected chi connectivity index (χ3v) is 4.45. The molecule has 0 aliphatic rings. The van der Waals surface area contributed by atoms with Crippen molar-refractivity contribution in [2.75, 3.05) is 47.5 Å². The normalized spacial score (nSPS) is 11.3. The number of carbonyl (C=O) groups excluding carboxylic acids is 2. The highest BCUT2D eigenvalue weighted by Crippen LogP contribution is 2.38. The van der Waals surface area contributed by atoms with E-state index in [2.05, 4.69) is 24.1 Å². The van der Waals surface area contributed by atoms with Crippen molar-refractivity contribution in [1.82, 2.24) is 10.2 Å². The van der Waals surface area contributed by atoms with Gasteiger partial charge in [-0.2, -0.15) is 0 Å². The van der Waals surface area contributed by atoms with E-state index in [9.17, 15) is 9.59 Å². The standard InChI is InChI=1S/C21H32N2O5/c1-7-23(8-2)11-9-10-22-21(25)17(15(3)24)12-16-13-18(26-4)20(28-6)19(14-16)27-5/h12-14H,7-11H2,1-6H3,(H,22,25)/b17-12-. The van der Waals surface area contributed by atoms with E-state index in [0.29, 0.717) is 29.4 Å². The summed E-state index contributed by atoms with van der Waals surface area (Å²) in [5.41, 5.74) is 0.690. The van der Waals surface area contributed by atoms with Crippen molar-refractivity contribution in [3.05, 3.63) is 23.3 Å². The zero-order chi connectivity index (χ0) is 21.1. The van der Waals surface area contributed by atoms with Crippen LogP contribution in [-0.2, 0) is 9.59 Å². The molecule has 0 fully saturated rings. The number of ketones is 1. The molecule has 1 N–H and O–H groups in total. The summed E-state index contributed by atoms with van der Waals surface area (Å²) in [7, 11) is 4.54. The van der Waals surface area contributed by atoms with Crippen molar-refractivity contribution in [3.63, 3.8) is 0 Å². The van der Waals surface area contributed by atoms with Crippen LogP contribution in [0.1, 0.15) is 32.8 Å². The summed E-state index contributed by atoms with van der Waals surface area (Å²) in [5, 5.41) is 2.83. The number of rotatable bonds is 12. The minimum atomic E-state index is -0.388. The highest BCUT2D eigenvalue weighted by atomic mass is 16.5. The summed E-state index contributed by atoms with van der Waals surface area (Å²) in [6.07, 6.45) is 2.36. The number of benzene rings is 1. The lowest BCUT2D eigenvalue weighted by atomic mass is 10.1. The molecule has 0 bridgehead atoms. The molecular weight excluding hydrogens is 360 g/mol. The van der Waals surface area contributed by atoms with Gasteiger partial charge in [0.05, 0.1) is 26.9 Å². The van der Waals surface area contributed by atoms with Crippen LogP contribution < -0.4 is 19.5 Å². The minimum Gasteiger partial charge on any atom is -0.493 e. The van der Waals surface area contributed by atoms with Gasteiger partial charge in [-0.3, -0.25) is 9.59 Å². The molecule has 1 amide bonds. The average Bonchev–Trinajstić information content (AvgIpc) is 2.70. The highest BCUT2D eigenvalue weighted by molar-refractivity contribution is 6.21. The lowest BCUT2D eigenvalue weighted by molar-refractivity contribution is -0.121. The van der Waals surface area contributed by atoms with Crippen LogP contribution in [0.3, 0.4) is 0 Å². The van der Waals surface area contributed by atoms with Crippen LogP contribution in [0.4, 0.5) is 0 Å². The molecule has 0 spiro atoms. The van der Waals surface area contributed by atoms with Gasteiger partial charge >= 0.3 is 0 Å². The molecule has 0 saturated carbocycles. The van der Waals surface area contributed by atoms with Crippen LogP contribution in [0.5, 0.6) is 17.2 Å². The quantitative estimate of drug-likeness (QED) is 0.255. The zero-order valence-electron chi connectivity index (χ0n) is 17.8. The first kappa shape index (κ1) is 23.5. The maximum absolute atomic E-state index is 12.5. The summed E-state index contributed by atoms with van der Waals surface area (Å²) >= 11 is 0. The van der Waals surface area contributed by atoms with Crippen molar-refractivity contribution in [1.29, 1.82) is 0 Å². The largest absolute Gasteiger partial charge is 0.493 e. The van der Waals surface area contributed by atoms with Crippen molar-refractivity contribution >= 4 is 17.8 Å². The number of carbonyl (C=O) groups is 2. The van der Waals surface area contributed by atoms with Gasteiger partial charge in [-0.15, -0.1) is 0 Å². The second-order valence-corrected chi connectivity index (χ2v) is 6.21. The Morgan fingerprint density at radius 1 is 1.04 bits per heavy atom. The first-order chi connectivity index (χ1) is 13.4. The number of nitrogens with one attached hydrogen (secondary N) is 1. The minimum absolute atomic E-state index is 0.0807. The Morgan fingerprint density at radius 3 is 2.04 bits per heavy atom. The van der Waals surface area contributed by atoms with Crippen molar-refractivity contribution in [2.24, 2.45) is 0 Å². The zero-order valence-corrected chi connectivity index (χ0v) is 17.8. The molecule has 1 rings (SSSR count). The van der Waals surface area contributed by atoms with Gasteiger partial charge in [0.1, 0.15) is 0 Å². The van der Waals surface area contributed by atoms with Gasteiger partial charge in [-0.25, -0.2) is 0 Å². The molecule has 7 heteroatoms. The number of ether oxygens (including phenoxy) is 3. The Morgan fingerprint density at radius 2 is 1.61 bits per heavy atom. The van der Waals surface area contributed by atoms with Crippen LogP contribution in [0.15, 0.2) is 17.7 Å². The second kappa shape index (κ2) is 12.0. The SMILES string of the molecule is CCN(CC)CCCNC(=O)/C(=C\c1cc(OC)c(OC)c(OC)c1)C(C)=O. The fourth-order valence-corrected chi connectivity index (χ4v) is 2.82. The van der Waals surface area contributed by atoms with E-state index >= 15 is 0 Å². The van der Waals surface area contributed by atoms with Gasteiger partial charge in [0.2, 0.25) is 5.75 Å². The molecule has 28 heavy (non-hydrogen) atoms. The summed E-state index contributed by atoms with van der Waals surface area (Å²) in [6.45, 7) is 8.95. The topological polar surface area (TPSA) is 77.1 Å². The third kappa shape index (κ3) is 6.56. The first-order valence-corrected chi connectivity index (χ1v) is 9.44. The number of Topliss-reactive ketones (excluding diaryl/α,β-unsaturated/α-hetero) is 1. The van der Waals surface area contributed by atoms with E-state index in [4.69, 9.17) is 14.2 Å². The highest BCUT2D eigenvalue weighted by Gasteiger charge is 2.17. The predicted octanol–water partition coefficient (Wildman–Crippen LogP) is 2.53. The van der Waals surface area contributed by atoms with Gasteiger partial charge in [0.25, 0.3) is 5.91 Å². The molecule has 156 valence electrons. The molecule has 7 nitrogen and oxygen atoms in total. The average molecular weight is 392 g/mol. The number of hydrogen-bond acceptors (Lipinski definition) is 6. The second-order valence-electron chi connectivity index (χ2n) is 6.21. The molecule has 0 aliphatic heterocycles. The van der Waals surface area contributed by atoms with Gasteiger partial charge < -0.3 is 24.4 Å². The molecule has 1 aromatic rings. The van der Waals surface area contributed by atoms with Crippen molar-refractivity contribution in [3.8, 4) is 17.2 Å². The van der Waals surface area contributed by atoms with E-state index in [0.717, 1.165) is 26.1 Å². The third-order valence-electron chi connectivity index (χ3n) is 4.45. The number of hydrogen-bond donors (Lipinski definition) is 1. The predicted molar refractivity (Wildman–Crippen MR) is 110 cm³/mol. The molecule has 0 aliphatic carbocycles. The van der Waals surface area contributed by atoms with Gasteiger partial charge in [-0.1, -0.05) is 13.8 Å². The summed E-state index contributed by atoms with van der Waals surface area (Å²) < 4.78 is 15.9. The summed E-state index contributed by atoms with van der Waals surface area (Å²) in [6, 6.07) is 3.38. The monoisotopic (exact) mass is 392 g/mol. The summed E-state index contributed by atoms with van der Waals surface area (Å²) in [5.74, 6) is 0.662. The van der Waals surface area contributed by atoms with Crippen molar-refractivity contribution in [2.45, 2.75) is 27.2 Å². The lowest BCUT2D eigenvalue weighted by Gasteiger charge is -2.17.